The Bertz CT molecular complexity index is 1590. The fourth-order valence-corrected chi connectivity index (χ4v) is 5.04. The summed E-state index contributed by atoms with van der Waals surface area (Å²) in [5, 5.41) is 20.7. The molecule has 1 heterocycles. The van der Waals surface area contributed by atoms with Crippen molar-refractivity contribution in [2.45, 2.75) is 13.5 Å². The molecule has 0 fully saturated rings. The number of amides is 1. The first-order chi connectivity index (χ1) is 18.8. The Morgan fingerprint density at radius 1 is 1.08 bits per heavy atom. The van der Waals surface area contributed by atoms with E-state index < -0.39 is 11.9 Å². The monoisotopic (exact) mass is 578 g/mol. The summed E-state index contributed by atoms with van der Waals surface area (Å²) in [6, 6.07) is 20.6. The van der Waals surface area contributed by atoms with Gasteiger partial charge < -0.3 is 14.6 Å². The highest BCUT2D eigenvalue weighted by atomic mass is 35.5. The van der Waals surface area contributed by atoms with Crippen molar-refractivity contribution in [3.05, 3.63) is 115 Å². The van der Waals surface area contributed by atoms with E-state index >= 15 is 0 Å². The first-order valence-corrected chi connectivity index (χ1v) is 13.2. The number of carbonyl (C=O) groups is 2. The minimum atomic E-state index is -0.809. The molecule has 10 heteroatoms. The molecule has 0 radical (unpaired) electrons. The molecule has 3 aromatic rings. The average Bonchev–Trinajstić information content (AvgIpc) is 3.22. The summed E-state index contributed by atoms with van der Waals surface area (Å²) in [7, 11) is 0. The van der Waals surface area contributed by atoms with Crippen LogP contribution >= 0.6 is 35.0 Å². The van der Waals surface area contributed by atoms with Crippen LogP contribution in [-0.4, -0.2) is 28.6 Å². The zero-order valence-corrected chi connectivity index (χ0v) is 22.8. The molecular formula is C29H20Cl2N2O5S. The molecular weight excluding hydrogens is 559 g/mol. The van der Waals surface area contributed by atoms with Crippen molar-refractivity contribution in [2.75, 3.05) is 6.61 Å². The van der Waals surface area contributed by atoms with E-state index in [1.165, 1.54) is 6.07 Å². The predicted octanol–water partition coefficient (Wildman–Crippen LogP) is 7.15. The summed E-state index contributed by atoms with van der Waals surface area (Å²) in [6.07, 6.45) is 1.60. The Balaban J connectivity index is 1.60. The fraction of sp³-hybridized carbons (Fsp3) is 0.103. The van der Waals surface area contributed by atoms with Crippen LogP contribution in [0.25, 0.3) is 6.08 Å². The second-order valence-electron chi connectivity index (χ2n) is 8.00. The zero-order valence-electron chi connectivity index (χ0n) is 20.5. The Hall–Kier alpha value is -4.03. The Labute approximate surface area is 239 Å². The van der Waals surface area contributed by atoms with Crippen LogP contribution in [0.2, 0.25) is 10.0 Å². The third kappa shape index (κ3) is 6.52. The van der Waals surface area contributed by atoms with Crippen molar-refractivity contribution < 1.29 is 24.2 Å². The van der Waals surface area contributed by atoms with Crippen molar-refractivity contribution in [3.8, 4) is 11.8 Å². The molecule has 0 bridgehead atoms. The lowest BCUT2D eigenvalue weighted by molar-refractivity contribution is -0.138. The SMILES string of the molecule is CCOC(=O)C1=C(O)/C(=C/c2ccc(OCc3ccccc3C#N)c(Cl)c2)SC1=NC(=O)c1ccccc1Cl. The van der Waals surface area contributed by atoms with Gasteiger partial charge in [0.05, 0.1) is 38.8 Å². The lowest BCUT2D eigenvalue weighted by atomic mass is 10.1. The van der Waals surface area contributed by atoms with Gasteiger partial charge in [0.15, 0.2) is 0 Å². The van der Waals surface area contributed by atoms with Crippen LogP contribution in [0.4, 0.5) is 0 Å². The van der Waals surface area contributed by atoms with Crippen LogP contribution in [0, 0.1) is 11.3 Å². The lowest BCUT2D eigenvalue weighted by Gasteiger charge is -2.10. The third-order valence-corrected chi connectivity index (χ3v) is 7.10. The van der Waals surface area contributed by atoms with E-state index in [1.807, 2.05) is 6.07 Å². The molecule has 1 aliphatic heterocycles. The van der Waals surface area contributed by atoms with Gasteiger partial charge in [-0.1, -0.05) is 71.4 Å². The Morgan fingerprint density at radius 2 is 1.82 bits per heavy atom. The second-order valence-corrected chi connectivity index (χ2v) is 9.85. The third-order valence-electron chi connectivity index (χ3n) is 5.45. The highest BCUT2D eigenvalue weighted by Gasteiger charge is 2.34. The van der Waals surface area contributed by atoms with Gasteiger partial charge in [-0.2, -0.15) is 5.26 Å². The first-order valence-electron chi connectivity index (χ1n) is 11.6. The number of nitrogens with zero attached hydrogens (tertiary/aromatic N) is 2. The molecule has 1 amide bonds. The van der Waals surface area contributed by atoms with Crippen LogP contribution < -0.4 is 4.74 Å². The van der Waals surface area contributed by atoms with Gasteiger partial charge in [-0.3, -0.25) is 4.79 Å². The number of aliphatic imine (C=N–C) groups is 1. The van der Waals surface area contributed by atoms with Gasteiger partial charge in [-0.25, -0.2) is 9.79 Å². The van der Waals surface area contributed by atoms with Crippen LogP contribution in [0.1, 0.15) is 34.0 Å². The standard InChI is InChI=1S/C29H20Cl2N2O5S/c1-2-37-29(36)25-26(34)24(39-28(25)33-27(35)20-9-5-6-10-21(20)30)14-17-11-12-23(22(31)13-17)38-16-19-8-4-3-7-18(19)15-32/h3-14,34H,2,16H2,1H3/b24-14-,33-28?. The van der Waals surface area contributed by atoms with Crippen LogP contribution in [0.3, 0.4) is 0 Å². The molecule has 0 aromatic heterocycles. The van der Waals surface area contributed by atoms with E-state index in [1.54, 1.807) is 67.6 Å². The minimum absolute atomic E-state index is 0.00988. The summed E-state index contributed by atoms with van der Waals surface area (Å²) in [5.41, 5.74) is 1.78. The van der Waals surface area contributed by atoms with Crippen LogP contribution in [-0.2, 0) is 16.1 Å². The summed E-state index contributed by atoms with van der Waals surface area (Å²) in [6.45, 7) is 1.86. The molecule has 0 atom stereocenters. The largest absolute Gasteiger partial charge is 0.506 e. The molecule has 0 unspecified atom stereocenters. The summed E-state index contributed by atoms with van der Waals surface area (Å²) >= 11 is 13.5. The number of hydrogen-bond acceptors (Lipinski definition) is 7. The average molecular weight is 579 g/mol. The molecule has 0 saturated heterocycles. The summed E-state index contributed by atoms with van der Waals surface area (Å²) in [4.78, 5) is 29.8. The highest BCUT2D eigenvalue weighted by Crippen LogP contribution is 2.40. The van der Waals surface area contributed by atoms with Gasteiger partial charge in [0, 0.05) is 5.56 Å². The molecule has 39 heavy (non-hydrogen) atoms. The molecule has 3 aromatic carbocycles. The molecule has 7 nitrogen and oxygen atoms in total. The van der Waals surface area contributed by atoms with Crippen molar-refractivity contribution in [2.24, 2.45) is 4.99 Å². The number of nitriles is 1. The van der Waals surface area contributed by atoms with Crippen molar-refractivity contribution in [1.82, 2.24) is 0 Å². The molecule has 0 spiro atoms. The molecule has 1 N–H and O–H groups in total. The van der Waals surface area contributed by atoms with Crippen molar-refractivity contribution in [3.63, 3.8) is 0 Å². The highest BCUT2D eigenvalue weighted by molar-refractivity contribution is 8.18. The second kappa shape index (κ2) is 12.7. The quantitative estimate of drug-likeness (QED) is 0.296. The minimum Gasteiger partial charge on any atom is -0.506 e. The number of rotatable bonds is 7. The number of ether oxygens (including phenoxy) is 2. The summed E-state index contributed by atoms with van der Waals surface area (Å²) < 4.78 is 10.9. The molecule has 1 aliphatic rings. The topological polar surface area (TPSA) is 109 Å². The number of aliphatic hydroxyl groups is 1. The maximum absolute atomic E-state index is 12.8. The molecule has 0 aliphatic carbocycles. The number of thioether (sulfide) groups is 1. The summed E-state index contributed by atoms with van der Waals surface area (Å²) in [5.74, 6) is -1.43. The van der Waals surface area contributed by atoms with Crippen LogP contribution in [0.5, 0.6) is 5.75 Å². The number of hydrogen-bond donors (Lipinski definition) is 1. The van der Waals surface area contributed by atoms with E-state index in [0.29, 0.717) is 21.9 Å². The van der Waals surface area contributed by atoms with E-state index in [2.05, 4.69) is 11.1 Å². The van der Waals surface area contributed by atoms with Crippen molar-refractivity contribution in [1.29, 1.82) is 5.26 Å². The van der Waals surface area contributed by atoms with Gasteiger partial charge in [-0.15, -0.1) is 0 Å². The Kier molecular flexibility index (Phi) is 9.10. The molecule has 4 rings (SSSR count). The van der Waals surface area contributed by atoms with Gasteiger partial charge in [-0.05, 0) is 48.9 Å². The van der Waals surface area contributed by atoms with E-state index in [-0.39, 0.29) is 45.1 Å². The number of halogens is 2. The van der Waals surface area contributed by atoms with E-state index in [9.17, 15) is 20.0 Å². The number of carbonyl (C=O) groups excluding carboxylic acids is 2. The van der Waals surface area contributed by atoms with Crippen LogP contribution in [0.15, 0.2) is 88.0 Å². The maximum atomic E-state index is 12.8. The fourth-order valence-electron chi connectivity index (χ4n) is 3.56. The van der Waals surface area contributed by atoms with Gasteiger partial charge in [0.2, 0.25) is 0 Å². The zero-order chi connectivity index (χ0) is 27.9. The van der Waals surface area contributed by atoms with Gasteiger partial charge in [0.1, 0.15) is 28.7 Å². The smallest absolute Gasteiger partial charge is 0.344 e. The Morgan fingerprint density at radius 3 is 2.54 bits per heavy atom. The van der Waals surface area contributed by atoms with Crippen molar-refractivity contribution >= 4 is 58.0 Å². The number of aliphatic hydroxyl groups excluding tert-OH is 1. The van der Waals surface area contributed by atoms with E-state index in [0.717, 1.165) is 17.3 Å². The number of esters is 1. The molecule has 196 valence electrons. The lowest BCUT2D eigenvalue weighted by Crippen LogP contribution is -2.14. The first kappa shape index (κ1) is 28.0. The normalized spacial score (nSPS) is 14.9. The maximum Gasteiger partial charge on any atom is 0.344 e. The predicted molar refractivity (Wildman–Crippen MR) is 152 cm³/mol. The number of benzene rings is 3. The van der Waals surface area contributed by atoms with E-state index in [4.69, 9.17) is 32.7 Å². The van der Waals surface area contributed by atoms with Gasteiger partial charge in [0.25, 0.3) is 5.91 Å². The van der Waals surface area contributed by atoms with Gasteiger partial charge >= 0.3 is 5.97 Å². The molecule has 0 saturated carbocycles.